The van der Waals surface area contributed by atoms with E-state index in [9.17, 15) is 4.79 Å². The predicted octanol–water partition coefficient (Wildman–Crippen LogP) is 2.34. The Bertz CT molecular complexity index is 923. The lowest BCUT2D eigenvalue weighted by molar-refractivity contribution is -0.132. The highest BCUT2D eigenvalue weighted by Crippen LogP contribution is 2.22. The topological polar surface area (TPSA) is 106 Å². The molecule has 0 aliphatic rings. The number of hydrogen-bond acceptors (Lipinski definition) is 6. The molecule has 0 unspecified atom stereocenters. The predicted molar refractivity (Wildman–Crippen MR) is 88.5 cm³/mol. The quantitative estimate of drug-likeness (QED) is 0.578. The fraction of sp³-hybridized carbons (Fsp3) is 0. The van der Waals surface area contributed by atoms with Crippen molar-refractivity contribution in [3.63, 3.8) is 0 Å². The second kappa shape index (κ2) is 7.06. The van der Waals surface area contributed by atoms with Crippen LogP contribution in [0.1, 0.15) is 5.56 Å². The zero-order valence-electron chi connectivity index (χ0n) is 12.7. The summed E-state index contributed by atoms with van der Waals surface area (Å²) >= 11 is 0. The number of carboxylic acids is 1. The summed E-state index contributed by atoms with van der Waals surface area (Å²) < 4.78 is 0. The summed E-state index contributed by atoms with van der Waals surface area (Å²) in [6.07, 6.45) is 7.57. The van der Waals surface area contributed by atoms with Crippen LogP contribution in [0.2, 0.25) is 0 Å². The number of pyridine rings is 1. The number of rotatable bonds is 4. The van der Waals surface area contributed by atoms with E-state index in [0.29, 0.717) is 28.6 Å². The molecule has 0 atom stereocenters. The van der Waals surface area contributed by atoms with E-state index in [2.05, 4.69) is 29.8 Å². The van der Waals surface area contributed by atoms with Gasteiger partial charge in [-0.05, 0) is 35.9 Å². The molecule has 3 aromatic rings. The maximum Gasteiger partial charge on any atom is 0.333 e. The first-order valence-electron chi connectivity index (χ1n) is 7.06. The van der Waals surface area contributed by atoms with Crippen LogP contribution in [0.5, 0.6) is 0 Å². The minimum atomic E-state index is -1.30. The molecule has 0 amide bonds. The van der Waals surface area contributed by atoms with Crippen LogP contribution in [-0.4, -0.2) is 36.0 Å². The lowest BCUT2D eigenvalue weighted by atomic mass is 10.1. The lowest BCUT2D eigenvalue weighted by Gasteiger charge is -2.05. The Morgan fingerprint density at radius 1 is 0.960 bits per heavy atom. The van der Waals surface area contributed by atoms with Gasteiger partial charge in [0.2, 0.25) is 0 Å². The summed E-state index contributed by atoms with van der Waals surface area (Å²) in [6.45, 7) is 6.99. The van der Waals surface area contributed by atoms with E-state index in [4.69, 9.17) is 11.7 Å². The molecule has 3 rings (SSSR count). The zero-order chi connectivity index (χ0) is 17.6. The molecule has 120 valence electrons. The average molecular weight is 330 g/mol. The molecule has 0 saturated heterocycles. The van der Waals surface area contributed by atoms with Crippen molar-refractivity contribution in [3.05, 3.63) is 71.7 Å². The summed E-state index contributed by atoms with van der Waals surface area (Å²) in [5.74, 6) is -0.564. The van der Waals surface area contributed by atoms with E-state index >= 15 is 0 Å². The molecule has 25 heavy (non-hydrogen) atoms. The highest BCUT2D eigenvalue weighted by Gasteiger charge is 2.12. The molecular weight excluding hydrogens is 320 g/mol. The lowest BCUT2D eigenvalue weighted by Crippen LogP contribution is -1.98. The van der Waals surface area contributed by atoms with Crippen LogP contribution in [0.3, 0.4) is 0 Å². The van der Waals surface area contributed by atoms with Gasteiger partial charge in [-0.3, -0.25) is 4.79 Å². The molecule has 0 radical (unpaired) electrons. The molecule has 0 aliphatic heterocycles. The number of hydrogen-bond donors (Lipinski definition) is 1. The van der Waals surface area contributed by atoms with E-state index in [0.717, 1.165) is 0 Å². The van der Waals surface area contributed by atoms with E-state index in [1.807, 2.05) is 0 Å². The van der Waals surface area contributed by atoms with Crippen molar-refractivity contribution in [1.82, 2.24) is 24.9 Å². The van der Waals surface area contributed by atoms with Crippen molar-refractivity contribution in [2.75, 3.05) is 0 Å². The molecular formula is C17H10N6O2. The third-order valence-corrected chi connectivity index (χ3v) is 3.08. The number of carbonyl (C=O) groups is 1. The van der Waals surface area contributed by atoms with Crippen molar-refractivity contribution in [2.24, 2.45) is 0 Å². The number of aliphatic carboxylic acids is 1. The maximum atomic E-state index is 11.1. The second-order valence-corrected chi connectivity index (χ2v) is 4.76. The Balaban J connectivity index is 2.19. The van der Waals surface area contributed by atoms with Gasteiger partial charge in [0.1, 0.15) is 11.4 Å². The SMILES string of the molecule is [C-]#[N+]/C(=C/c1cc(-c2ncccn2)nc(-c2ncccn2)c1)C(=O)O. The minimum Gasteiger partial charge on any atom is -0.486 e. The Hall–Kier alpha value is -3.99. The monoisotopic (exact) mass is 330 g/mol. The number of aromatic nitrogens is 5. The van der Waals surface area contributed by atoms with Gasteiger partial charge in [-0.25, -0.2) is 29.8 Å². The Labute approximate surface area is 142 Å². The first kappa shape index (κ1) is 15.9. The molecule has 0 aliphatic carbocycles. The summed E-state index contributed by atoms with van der Waals surface area (Å²) in [5, 5.41) is 9.06. The standard InChI is InChI=1S/C17H10N6O2/c1-18-14(17(24)25)10-11-8-12(15-19-4-2-5-20-15)23-13(9-11)16-21-6-3-7-22-16/h2-10H,(H,24,25)/b14-10+. The molecule has 1 N–H and O–H groups in total. The number of carboxylic acid groups (broad SMARTS) is 1. The van der Waals surface area contributed by atoms with Crippen LogP contribution >= 0.6 is 0 Å². The van der Waals surface area contributed by atoms with Gasteiger partial charge in [0.25, 0.3) is 5.70 Å². The Morgan fingerprint density at radius 3 is 1.84 bits per heavy atom. The third-order valence-electron chi connectivity index (χ3n) is 3.08. The van der Waals surface area contributed by atoms with Crippen molar-refractivity contribution >= 4 is 12.0 Å². The summed E-state index contributed by atoms with van der Waals surface area (Å²) in [4.78, 5) is 35.2. The summed E-state index contributed by atoms with van der Waals surface area (Å²) in [6, 6.07) is 6.57. The van der Waals surface area contributed by atoms with Gasteiger partial charge in [0, 0.05) is 24.8 Å². The van der Waals surface area contributed by atoms with E-state index in [1.165, 1.54) is 6.08 Å². The van der Waals surface area contributed by atoms with Gasteiger partial charge in [-0.1, -0.05) is 0 Å². The van der Waals surface area contributed by atoms with Gasteiger partial charge < -0.3 is 5.11 Å². The summed E-state index contributed by atoms with van der Waals surface area (Å²) in [5.41, 5.74) is 0.900. The molecule has 0 spiro atoms. The fourth-order valence-electron chi connectivity index (χ4n) is 2.03. The Kier molecular flexibility index (Phi) is 4.49. The first-order valence-corrected chi connectivity index (χ1v) is 7.06. The van der Waals surface area contributed by atoms with Crippen molar-refractivity contribution in [1.29, 1.82) is 0 Å². The second-order valence-electron chi connectivity index (χ2n) is 4.76. The molecule has 3 aromatic heterocycles. The smallest absolute Gasteiger partial charge is 0.333 e. The highest BCUT2D eigenvalue weighted by molar-refractivity contribution is 5.94. The van der Waals surface area contributed by atoms with Crippen LogP contribution in [0, 0.1) is 6.57 Å². The zero-order valence-corrected chi connectivity index (χ0v) is 12.7. The van der Waals surface area contributed by atoms with Crippen molar-refractivity contribution in [3.8, 4) is 23.0 Å². The minimum absolute atomic E-state index is 0.370. The first-order chi connectivity index (χ1) is 12.2. The molecule has 0 saturated carbocycles. The van der Waals surface area contributed by atoms with E-state index in [1.54, 1.807) is 49.1 Å². The summed E-state index contributed by atoms with van der Waals surface area (Å²) in [7, 11) is 0. The maximum absolute atomic E-state index is 11.1. The van der Waals surface area contributed by atoms with Gasteiger partial charge in [-0.15, -0.1) is 0 Å². The van der Waals surface area contributed by atoms with Crippen LogP contribution < -0.4 is 0 Å². The molecule has 0 fully saturated rings. The van der Waals surface area contributed by atoms with E-state index < -0.39 is 11.7 Å². The molecule has 8 heteroatoms. The van der Waals surface area contributed by atoms with Gasteiger partial charge in [0.15, 0.2) is 11.6 Å². The Morgan fingerprint density at radius 2 is 1.44 bits per heavy atom. The normalized spacial score (nSPS) is 10.9. The van der Waals surface area contributed by atoms with E-state index in [-0.39, 0.29) is 0 Å². The fourth-order valence-corrected chi connectivity index (χ4v) is 2.03. The van der Waals surface area contributed by atoms with Crippen LogP contribution in [-0.2, 0) is 4.79 Å². The van der Waals surface area contributed by atoms with Crippen molar-refractivity contribution in [2.45, 2.75) is 0 Å². The van der Waals surface area contributed by atoms with Gasteiger partial charge in [0.05, 0.1) is 6.57 Å². The number of nitrogens with zero attached hydrogens (tertiary/aromatic N) is 6. The molecule has 8 nitrogen and oxygen atoms in total. The molecule has 0 aromatic carbocycles. The van der Waals surface area contributed by atoms with Crippen LogP contribution in [0.15, 0.2) is 54.7 Å². The molecule has 3 heterocycles. The third kappa shape index (κ3) is 3.68. The average Bonchev–Trinajstić information content (AvgIpc) is 2.67. The molecule has 0 bridgehead atoms. The van der Waals surface area contributed by atoms with Gasteiger partial charge in [-0.2, -0.15) is 0 Å². The largest absolute Gasteiger partial charge is 0.486 e. The van der Waals surface area contributed by atoms with Gasteiger partial charge >= 0.3 is 5.97 Å². The van der Waals surface area contributed by atoms with Crippen molar-refractivity contribution < 1.29 is 9.90 Å². The van der Waals surface area contributed by atoms with Crippen LogP contribution in [0.25, 0.3) is 34.0 Å². The highest BCUT2D eigenvalue weighted by atomic mass is 16.4. The van der Waals surface area contributed by atoms with Crippen LogP contribution in [0.4, 0.5) is 0 Å².